The highest BCUT2D eigenvalue weighted by molar-refractivity contribution is 6.14. The minimum atomic E-state index is 0.0860. The molecule has 0 aliphatic rings. The van der Waals surface area contributed by atoms with Crippen LogP contribution in [0.3, 0.4) is 0 Å². The lowest BCUT2D eigenvalue weighted by atomic mass is 9.87. The molecule has 0 saturated carbocycles. The molecule has 5 nitrogen and oxygen atoms in total. The Morgan fingerprint density at radius 3 is 1.48 bits per heavy atom. The van der Waals surface area contributed by atoms with Gasteiger partial charge >= 0.3 is 0 Å². The van der Waals surface area contributed by atoms with Crippen molar-refractivity contribution in [3.05, 3.63) is 241 Å². The van der Waals surface area contributed by atoms with Gasteiger partial charge in [0.1, 0.15) is 0 Å². The zero-order valence-electron chi connectivity index (χ0n) is 37.9. The van der Waals surface area contributed by atoms with E-state index in [2.05, 4.69) is 211 Å². The van der Waals surface area contributed by atoms with Crippen LogP contribution in [0, 0.1) is 0 Å². The molecule has 0 atom stereocenters. The van der Waals surface area contributed by atoms with Crippen LogP contribution in [-0.4, -0.2) is 27.5 Å². The van der Waals surface area contributed by atoms with Crippen molar-refractivity contribution in [1.29, 1.82) is 0 Å². The quantitative estimate of drug-likeness (QED) is 0.108. The predicted molar refractivity (Wildman–Crippen MR) is 284 cm³/mol. The Labute approximate surface area is 391 Å². The molecule has 0 N–H and O–H groups in total. The number of hydrogen-bond acceptors (Lipinski definition) is 1. The summed E-state index contributed by atoms with van der Waals surface area (Å²) >= 11 is 0. The fourth-order valence-electron chi connectivity index (χ4n) is 9.43. The van der Waals surface area contributed by atoms with Gasteiger partial charge < -0.3 is 9.13 Å². The molecule has 0 unspecified atom stereocenters. The standard InChI is InChI=1S/C62H49N5/c1-62(2,3)49-30-34-51(35-31-49)67-57-25-14-12-22-52(57)54-36-28-46(39-58(54)67)43-26-32-50(33-27-43)66-56-24-13-11-23-53(56)55-37-29-47(40-59(55)66)45-20-15-21-48(38-45)61(64-41-42-16-7-5-8-17-42)65-60(63-4)44-18-9-6-10-19-44/h5-40H,4,41H2,1-3H3. The Bertz CT molecular complexity index is 3680. The van der Waals surface area contributed by atoms with E-state index in [0.717, 1.165) is 50.2 Å². The third-order valence-electron chi connectivity index (χ3n) is 12.9. The van der Waals surface area contributed by atoms with Crippen molar-refractivity contribution >= 4 is 62.0 Å². The molecule has 0 saturated heterocycles. The largest absolute Gasteiger partial charge is 0.309 e. The molecular weight excluding hydrogens is 815 g/mol. The summed E-state index contributed by atoms with van der Waals surface area (Å²) in [5.74, 6) is 1.13. The topological polar surface area (TPSA) is 46.9 Å². The number of benzene rings is 9. The molecule has 0 aliphatic heterocycles. The summed E-state index contributed by atoms with van der Waals surface area (Å²) in [5, 5.41) is 4.92. The third-order valence-corrected chi connectivity index (χ3v) is 12.9. The van der Waals surface area contributed by atoms with Gasteiger partial charge in [-0.15, -0.1) is 0 Å². The highest BCUT2D eigenvalue weighted by Gasteiger charge is 2.18. The molecule has 67 heavy (non-hydrogen) atoms. The van der Waals surface area contributed by atoms with E-state index in [1.54, 1.807) is 0 Å². The van der Waals surface area contributed by atoms with Crippen molar-refractivity contribution < 1.29 is 0 Å². The molecule has 5 heteroatoms. The summed E-state index contributed by atoms with van der Waals surface area (Å²) in [6.45, 7) is 11.1. The lowest BCUT2D eigenvalue weighted by Crippen LogP contribution is -2.10. The number of nitrogens with zero attached hydrogens (tertiary/aromatic N) is 5. The van der Waals surface area contributed by atoms with Gasteiger partial charge in [0.2, 0.25) is 0 Å². The van der Waals surface area contributed by atoms with Crippen LogP contribution in [0.15, 0.2) is 233 Å². The van der Waals surface area contributed by atoms with E-state index < -0.39 is 0 Å². The van der Waals surface area contributed by atoms with E-state index in [4.69, 9.17) is 9.98 Å². The van der Waals surface area contributed by atoms with Gasteiger partial charge in [0.15, 0.2) is 11.7 Å². The van der Waals surface area contributed by atoms with Crippen LogP contribution >= 0.6 is 0 Å². The van der Waals surface area contributed by atoms with Gasteiger partial charge in [-0.3, -0.25) is 4.99 Å². The van der Waals surface area contributed by atoms with Crippen LogP contribution in [0.4, 0.5) is 0 Å². The molecule has 0 fully saturated rings. The van der Waals surface area contributed by atoms with Crippen LogP contribution in [0.2, 0.25) is 0 Å². The van der Waals surface area contributed by atoms with Crippen molar-refractivity contribution in [2.45, 2.75) is 32.7 Å². The maximum atomic E-state index is 5.06. The molecule has 322 valence electrons. The minimum Gasteiger partial charge on any atom is -0.309 e. The summed E-state index contributed by atoms with van der Waals surface area (Å²) in [7, 11) is 0. The Morgan fingerprint density at radius 2 is 0.896 bits per heavy atom. The second-order valence-corrected chi connectivity index (χ2v) is 18.2. The third kappa shape index (κ3) is 7.85. The van der Waals surface area contributed by atoms with Crippen LogP contribution < -0.4 is 0 Å². The number of para-hydroxylation sites is 2. The highest BCUT2D eigenvalue weighted by Crippen LogP contribution is 2.38. The zero-order chi connectivity index (χ0) is 45.5. The monoisotopic (exact) mass is 863 g/mol. The Hall–Kier alpha value is -8.41. The first-order chi connectivity index (χ1) is 32.8. The van der Waals surface area contributed by atoms with Crippen molar-refractivity contribution in [1.82, 2.24) is 9.13 Å². The predicted octanol–water partition coefficient (Wildman–Crippen LogP) is 15.6. The minimum absolute atomic E-state index is 0.0860. The highest BCUT2D eigenvalue weighted by atomic mass is 15.0. The Kier molecular flexibility index (Phi) is 10.6. The molecule has 2 aromatic heterocycles. The molecule has 2 heterocycles. The summed E-state index contributed by atoms with van der Waals surface area (Å²) in [6, 6.07) is 77.9. The van der Waals surface area contributed by atoms with Gasteiger partial charge in [-0.2, -0.15) is 0 Å². The smallest absolute Gasteiger partial charge is 0.161 e. The van der Waals surface area contributed by atoms with Crippen molar-refractivity contribution in [3.8, 4) is 33.6 Å². The van der Waals surface area contributed by atoms with Crippen LogP contribution in [0.5, 0.6) is 0 Å². The van der Waals surface area contributed by atoms with E-state index in [0.29, 0.717) is 18.2 Å². The molecule has 11 aromatic rings. The molecular formula is C62H49N5. The summed E-state index contributed by atoms with van der Waals surface area (Å²) in [4.78, 5) is 14.4. The first-order valence-electron chi connectivity index (χ1n) is 22.9. The van der Waals surface area contributed by atoms with Crippen molar-refractivity contribution in [3.63, 3.8) is 0 Å². The van der Waals surface area contributed by atoms with E-state index >= 15 is 0 Å². The fraction of sp³-hybridized carbons (Fsp3) is 0.0806. The zero-order valence-corrected chi connectivity index (χ0v) is 37.9. The summed E-state index contributed by atoms with van der Waals surface area (Å²) < 4.78 is 4.80. The van der Waals surface area contributed by atoms with Crippen LogP contribution in [0.1, 0.15) is 43.0 Å². The first-order valence-corrected chi connectivity index (χ1v) is 22.9. The average Bonchev–Trinajstić information content (AvgIpc) is 3.89. The number of fused-ring (bicyclic) bond motifs is 6. The summed E-state index contributed by atoms with van der Waals surface area (Å²) in [6.07, 6.45) is 0. The first kappa shape index (κ1) is 41.3. The molecule has 0 bridgehead atoms. The van der Waals surface area contributed by atoms with E-state index in [9.17, 15) is 0 Å². The molecule has 9 aromatic carbocycles. The molecule has 0 spiro atoms. The van der Waals surface area contributed by atoms with Gasteiger partial charge in [-0.05, 0) is 100 Å². The second-order valence-electron chi connectivity index (χ2n) is 18.2. The van der Waals surface area contributed by atoms with Gasteiger partial charge in [-0.25, -0.2) is 9.98 Å². The number of hydrogen-bond donors (Lipinski definition) is 0. The Balaban J connectivity index is 0.977. The maximum absolute atomic E-state index is 5.06. The molecule has 0 aliphatic carbocycles. The van der Waals surface area contributed by atoms with Gasteiger partial charge in [0.05, 0.1) is 28.6 Å². The second kappa shape index (κ2) is 17.2. The van der Waals surface area contributed by atoms with Crippen molar-refractivity contribution in [2.24, 2.45) is 15.0 Å². The Morgan fingerprint density at radius 1 is 0.418 bits per heavy atom. The summed E-state index contributed by atoms with van der Waals surface area (Å²) in [5.41, 5.74) is 15.8. The van der Waals surface area contributed by atoms with Crippen LogP contribution in [0.25, 0.3) is 77.2 Å². The van der Waals surface area contributed by atoms with Crippen LogP contribution in [-0.2, 0) is 12.0 Å². The SMILES string of the molecule is C=NC(=NC(=NCc1ccccc1)c1cccc(-c2ccc3c4ccccc4n(-c4ccc(-c5ccc6c7ccccc7n(-c7ccc(C(C)(C)C)cc7)c6c5)cc4)c3c2)c1)c1ccccc1. The van der Waals surface area contributed by atoms with Crippen molar-refractivity contribution in [2.75, 3.05) is 0 Å². The number of aromatic nitrogens is 2. The molecule has 0 radical (unpaired) electrons. The molecule has 11 rings (SSSR count). The maximum Gasteiger partial charge on any atom is 0.161 e. The number of rotatable bonds is 8. The number of amidine groups is 2. The van der Waals surface area contributed by atoms with Gasteiger partial charge in [0.25, 0.3) is 0 Å². The van der Waals surface area contributed by atoms with E-state index in [-0.39, 0.29) is 5.41 Å². The van der Waals surface area contributed by atoms with Gasteiger partial charge in [0, 0.05) is 44.0 Å². The normalized spacial score (nSPS) is 12.4. The molecule has 0 amide bonds. The number of aliphatic imine (C=N–C) groups is 3. The van der Waals surface area contributed by atoms with E-state index in [1.165, 1.54) is 49.3 Å². The fourth-order valence-corrected chi connectivity index (χ4v) is 9.43. The lowest BCUT2D eigenvalue weighted by Gasteiger charge is -2.19. The van der Waals surface area contributed by atoms with E-state index in [1.807, 2.05) is 48.5 Å². The van der Waals surface area contributed by atoms with Gasteiger partial charge in [-0.1, -0.05) is 185 Å². The lowest BCUT2D eigenvalue weighted by molar-refractivity contribution is 0.590. The average molecular weight is 864 g/mol.